The molecular formula is C8H11F3N2O3. The SMILES string of the molecule is O=C(ONC(=O)C(F)(F)F)C1CCNCC1. The van der Waals surface area contributed by atoms with E-state index in [0.717, 1.165) is 5.48 Å². The van der Waals surface area contributed by atoms with Crippen LogP contribution in [0.15, 0.2) is 0 Å². The molecule has 1 saturated heterocycles. The van der Waals surface area contributed by atoms with E-state index in [2.05, 4.69) is 10.2 Å². The van der Waals surface area contributed by atoms with E-state index in [9.17, 15) is 22.8 Å². The molecule has 92 valence electrons. The summed E-state index contributed by atoms with van der Waals surface area (Å²) in [6.07, 6.45) is -4.07. The average Bonchev–Trinajstić information content (AvgIpc) is 2.25. The third-order valence-corrected chi connectivity index (χ3v) is 2.17. The monoisotopic (exact) mass is 240 g/mol. The predicted molar refractivity (Wildman–Crippen MR) is 45.9 cm³/mol. The van der Waals surface area contributed by atoms with Crippen LogP contribution in [0.1, 0.15) is 12.8 Å². The van der Waals surface area contributed by atoms with E-state index in [1.54, 1.807) is 0 Å². The minimum absolute atomic E-state index is 0.463. The second-order valence-electron chi connectivity index (χ2n) is 3.37. The maximum Gasteiger partial charge on any atom is 0.474 e. The smallest absolute Gasteiger partial charge is 0.340 e. The third kappa shape index (κ3) is 3.69. The highest BCUT2D eigenvalue weighted by Crippen LogP contribution is 2.15. The Morgan fingerprint density at radius 3 is 2.31 bits per heavy atom. The average molecular weight is 240 g/mol. The molecule has 0 radical (unpaired) electrons. The van der Waals surface area contributed by atoms with Crippen molar-refractivity contribution in [3.05, 3.63) is 0 Å². The van der Waals surface area contributed by atoms with Gasteiger partial charge in [-0.2, -0.15) is 18.7 Å². The first-order valence-electron chi connectivity index (χ1n) is 4.70. The summed E-state index contributed by atoms with van der Waals surface area (Å²) in [4.78, 5) is 25.6. The molecule has 0 aliphatic carbocycles. The number of amides is 1. The van der Waals surface area contributed by atoms with Crippen LogP contribution >= 0.6 is 0 Å². The van der Waals surface area contributed by atoms with E-state index in [1.807, 2.05) is 0 Å². The first-order chi connectivity index (χ1) is 7.41. The van der Waals surface area contributed by atoms with Crippen LogP contribution in [-0.4, -0.2) is 31.1 Å². The van der Waals surface area contributed by atoms with Crippen molar-refractivity contribution >= 4 is 11.9 Å². The van der Waals surface area contributed by atoms with E-state index >= 15 is 0 Å². The maximum atomic E-state index is 11.7. The molecule has 0 aromatic rings. The quantitative estimate of drug-likeness (QED) is 0.639. The topological polar surface area (TPSA) is 67.4 Å². The second-order valence-corrected chi connectivity index (χ2v) is 3.37. The number of carbonyl (C=O) groups is 2. The molecule has 0 bridgehead atoms. The van der Waals surface area contributed by atoms with Gasteiger partial charge in [-0.05, 0) is 25.9 Å². The number of nitrogens with one attached hydrogen (secondary N) is 2. The second kappa shape index (κ2) is 5.15. The van der Waals surface area contributed by atoms with E-state index < -0.39 is 24.0 Å². The first-order valence-corrected chi connectivity index (χ1v) is 4.70. The molecule has 2 N–H and O–H groups in total. The molecule has 5 nitrogen and oxygen atoms in total. The summed E-state index contributed by atoms with van der Waals surface area (Å²) >= 11 is 0. The number of hydroxylamine groups is 1. The number of hydrogen-bond acceptors (Lipinski definition) is 4. The fourth-order valence-electron chi connectivity index (χ4n) is 1.30. The summed E-state index contributed by atoms with van der Waals surface area (Å²) in [5.41, 5.74) is 1.09. The molecule has 16 heavy (non-hydrogen) atoms. The molecule has 1 aliphatic heterocycles. The van der Waals surface area contributed by atoms with Crippen LogP contribution in [0.25, 0.3) is 0 Å². The van der Waals surface area contributed by atoms with E-state index in [4.69, 9.17) is 0 Å². The van der Waals surface area contributed by atoms with E-state index in [1.165, 1.54) is 0 Å². The van der Waals surface area contributed by atoms with Crippen LogP contribution in [-0.2, 0) is 14.4 Å². The van der Waals surface area contributed by atoms with Crippen LogP contribution in [0.5, 0.6) is 0 Å². The van der Waals surface area contributed by atoms with Gasteiger partial charge in [-0.1, -0.05) is 0 Å². The van der Waals surface area contributed by atoms with Crippen molar-refractivity contribution in [3.63, 3.8) is 0 Å². The number of carbonyl (C=O) groups excluding carboxylic acids is 2. The van der Waals surface area contributed by atoms with Crippen molar-refractivity contribution in [1.29, 1.82) is 0 Å². The minimum atomic E-state index is -5.05. The molecule has 0 spiro atoms. The van der Waals surface area contributed by atoms with Crippen LogP contribution < -0.4 is 10.8 Å². The molecule has 0 aromatic heterocycles. The Labute approximate surface area is 89.3 Å². The van der Waals surface area contributed by atoms with Gasteiger partial charge in [-0.3, -0.25) is 4.79 Å². The Morgan fingerprint density at radius 2 is 1.81 bits per heavy atom. The Kier molecular flexibility index (Phi) is 4.11. The number of rotatable bonds is 1. The van der Waals surface area contributed by atoms with Crippen molar-refractivity contribution in [1.82, 2.24) is 10.8 Å². The van der Waals surface area contributed by atoms with E-state index in [0.29, 0.717) is 25.9 Å². The van der Waals surface area contributed by atoms with Gasteiger partial charge in [0.15, 0.2) is 0 Å². The van der Waals surface area contributed by atoms with Gasteiger partial charge >= 0.3 is 18.1 Å². The molecule has 0 aromatic carbocycles. The number of halogens is 3. The standard InChI is InChI=1S/C8H11F3N2O3/c9-8(10,11)7(15)13-16-6(14)5-1-3-12-4-2-5/h5,12H,1-4H2,(H,13,15). The van der Waals surface area contributed by atoms with Crippen molar-refractivity contribution in [2.75, 3.05) is 13.1 Å². The summed E-state index contributed by atoms with van der Waals surface area (Å²) in [6, 6.07) is 0. The van der Waals surface area contributed by atoms with Gasteiger partial charge in [0.05, 0.1) is 5.92 Å². The predicted octanol–water partition coefficient (Wildman–Crippen LogP) is 0.123. The highest BCUT2D eigenvalue weighted by Gasteiger charge is 2.40. The molecule has 1 fully saturated rings. The van der Waals surface area contributed by atoms with Gasteiger partial charge in [0.2, 0.25) is 0 Å². The number of alkyl halides is 3. The molecule has 0 unspecified atom stereocenters. The Morgan fingerprint density at radius 1 is 1.25 bits per heavy atom. The van der Waals surface area contributed by atoms with Crippen LogP contribution in [0.2, 0.25) is 0 Å². The molecule has 0 atom stereocenters. The number of hydrogen-bond donors (Lipinski definition) is 2. The number of piperidine rings is 1. The van der Waals surface area contributed by atoms with Gasteiger partial charge in [0.25, 0.3) is 0 Å². The molecule has 1 aliphatic rings. The summed E-state index contributed by atoms with van der Waals surface area (Å²) in [6.45, 7) is 1.21. The molecule has 1 rings (SSSR count). The lowest BCUT2D eigenvalue weighted by molar-refractivity contribution is -0.190. The van der Waals surface area contributed by atoms with Crippen LogP contribution in [0.3, 0.4) is 0 Å². The zero-order valence-corrected chi connectivity index (χ0v) is 8.26. The Balaban J connectivity index is 2.32. The molecular weight excluding hydrogens is 229 g/mol. The maximum absolute atomic E-state index is 11.7. The minimum Gasteiger partial charge on any atom is -0.340 e. The largest absolute Gasteiger partial charge is 0.474 e. The molecule has 8 heteroatoms. The van der Waals surface area contributed by atoms with Gasteiger partial charge < -0.3 is 10.2 Å². The zero-order valence-electron chi connectivity index (χ0n) is 8.26. The van der Waals surface area contributed by atoms with Crippen molar-refractivity contribution in [3.8, 4) is 0 Å². The summed E-state index contributed by atoms with van der Waals surface area (Å²) in [5, 5.41) is 2.98. The summed E-state index contributed by atoms with van der Waals surface area (Å²) in [7, 11) is 0. The Hall–Kier alpha value is -1.31. The van der Waals surface area contributed by atoms with Crippen molar-refractivity contribution in [2.24, 2.45) is 5.92 Å². The van der Waals surface area contributed by atoms with Crippen molar-refractivity contribution < 1.29 is 27.6 Å². The van der Waals surface area contributed by atoms with Crippen LogP contribution in [0, 0.1) is 5.92 Å². The molecule has 0 saturated carbocycles. The van der Waals surface area contributed by atoms with Gasteiger partial charge in [0, 0.05) is 0 Å². The van der Waals surface area contributed by atoms with E-state index in [-0.39, 0.29) is 0 Å². The van der Waals surface area contributed by atoms with Crippen molar-refractivity contribution in [2.45, 2.75) is 19.0 Å². The summed E-state index contributed by atoms with van der Waals surface area (Å²) < 4.78 is 35.2. The highest BCUT2D eigenvalue weighted by molar-refractivity contribution is 5.82. The third-order valence-electron chi connectivity index (χ3n) is 2.17. The first kappa shape index (κ1) is 12.8. The Bertz CT molecular complexity index is 274. The fourth-order valence-corrected chi connectivity index (χ4v) is 1.30. The van der Waals surface area contributed by atoms with Gasteiger partial charge in [-0.25, -0.2) is 4.79 Å². The lowest BCUT2D eigenvalue weighted by atomic mass is 9.99. The van der Waals surface area contributed by atoms with Gasteiger partial charge in [0.1, 0.15) is 0 Å². The zero-order chi connectivity index (χ0) is 12.2. The lowest BCUT2D eigenvalue weighted by Gasteiger charge is -2.20. The molecule has 1 amide bonds. The molecule has 1 heterocycles. The van der Waals surface area contributed by atoms with Gasteiger partial charge in [-0.15, -0.1) is 0 Å². The fraction of sp³-hybridized carbons (Fsp3) is 0.750. The highest BCUT2D eigenvalue weighted by atomic mass is 19.4. The normalized spacial score (nSPS) is 17.9. The van der Waals surface area contributed by atoms with Crippen LogP contribution in [0.4, 0.5) is 13.2 Å². The lowest BCUT2D eigenvalue weighted by Crippen LogP contribution is -2.41. The summed E-state index contributed by atoms with van der Waals surface area (Å²) in [5.74, 6) is -3.58.